The highest BCUT2D eigenvalue weighted by molar-refractivity contribution is 6.19. The van der Waals surface area contributed by atoms with Crippen LogP contribution in [0.1, 0.15) is 25.5 Å². The van der Waals surface area contributed by atoms with Crippen molar-refractivity contribution in [1.82, 2.24) is 10.2 Å². The largest absolute Gasteiger partial charge is 0.378 e. The fraction of sp³-hybridized carbons (Fsp3) is 0.588. The smallest absolute Gasteiger partial charge is 0.226 e. The zero-order chi connectivity index (χ0) is 16.9. The Kier molecular flexibility index (Phi) is 6.69. The van der Waals surface area contributed by atoms with E-state index in [1.807, 2.05) is 42.0 Å². The highest BCUT2D eigenvalue weighted by atomic mass is 35.5. The van der Waals surface area contributed by atoms with Crippen LogP contribution in [0.3, 0.4) is 0 Å². The normalized spacial score (nSPS) is 13.1. The van der Waals surface area contributed by atoms with Crippen LogP contribution in [0, 0.1) is 5.41 Å². The number of benzene rings is 1. The Morgan fingerprint density at radius 3 is 2.14 bits per heavy atom. The molecule has 0 spiro atoms. The van der Waals surface area contributed by atoms with Crippen LogP contribution in [0.15, 0.2) is 24.3 Å². The first kappa shape index (κ1) is 18.8. The van der Waals surface area contributed by atoms with E-state index in [1.165, 1.54) is 5.56 Å². The average molecular weight is 326 g/mol. The third-order valence-electron chi connectivity index (χ3n) is 3.82. The van der Waals surface area contributed by atoms with Crippen molar-refractivity contribution in [3.8, 4) is 0 Å². The first-order valence-corrected chi connectivity index (χ1v) is 8.00. The van der Waals surface area contributed by atoms with Crippen molar-refractivity contribution in [3.63, 3.8) is 0 Å². The van der Waals surface area contributed by atoms with Gasteiger partial charge in [-0.3, -0.25) is 4.79 Å². The number of carbonyl (C=O) groups excluding carboxylic acids is 1. The first-order chi connectivity index (χ1) is 10.2. The SMILES string of the molecule is CN(C)c1ccc([C@@H](CNC(=O)C(C)(C)CCl)N(C)C)cc1. The minimum absolute atomic E-state index is 0.0146. The second kappa shape index (κ2) is 7.84. The van der Waals surface area contributed by atoms with E-state index in [1.54, 1.807) is 0 Å². The summed E-state index contributed by atoms with van der Waals surface area (Å²) in [6.45, 7) is 4.27. The van der Waals surface area contributed by atoms with Crippen molar-refractivity contribution in [2.75, 3.05) is 45.5 Å². The van der Waals surface area contributed by atoms with Crippen LogP contribution in [-0.4, -0.2) is 51.4 Å². The van der Waals surface area contributed by atoms with Crippen molar-refractivity contribution in [2.45, 2.75) is 19.9 Å². The topological polar surface area (TPSA) is 35.6 Å². The van der Waals surface area contributed by atoms with E-state index in [0.29, 0.717) is 12.4 Å². The summed E-state index contributed by atoms with van der Waals surface area (Å²) < 4.78 is 0. The summed E-state index contributed by atoms with van der Waals surface area (Å²) in [7, 11) is 8.08. The van der Waals surface area contributed by atoms with Gasteiger partial charge < -0.3 is 15.1 Å². The molecule has 0 heterocycles. The lowest BCUT2D eigenvalue weighted by Gasteiger charge is -2.28. The molecule has 124 valence electrons. The predicted molar refractivity (Wildman–Crippen MR) is 94.7 cm³/mol. The maximum atomic E-state index is 12.2. The van der Waals surface area contributed by atoms with Gasteiger partial charge in [0.25, 0.3) is 0 Å². The molecule has 0 saturated heterocycles. The lowest BCUT2D eigenvalue weighted by molar-refractivity contribution is -0.128. The second-order valence-electron chi connectivity index (χ2n) is 6.69. The van der Waals surface area contributed by atoms with Crippen LogP contribution in [0.2, 0.25) is 0 Å². The average Bonchev–Trinajstić information content (AvgIpc) is 2.47. The van der Waals surface area contributed by atoms with Crippen LogP contribution >= 0.6 is 11.6 Å². The minimum Gasteiger partial charge on any atom is -0.378 e. The summed E-state index contributed by atoms with van der Waals surface area (Å²) in [6, 6.07) is 8.54. The van der Waals surface area contributed by atoms with Crippen molar-refractivity contribution >= 4 is 23.2 Å². The summed E-state index contributed by atoms with van der Waals surface area (Å²) in [5, 5.41) is 3.02. The molecule has 5 heteroatoms. The van der Waals surface area contributed by atoms with Crippen molar-refractivity contribution in [1.29, 1.82) is 0 Å². The van der Waals surface area contributed by atoms with Gasteiger partial charge in [-0.25, -0.2) is 0 Å². The number of anilines is 1. The Morgan fingerprint density at radius 1 is 1.18 bits per heavy atom. The van der Waals surface area contributed by atoms with Gasteiger partial charge in [-0.2, -0.15) is 0 Å². The van der Waals surface area contributed by atoms with Gasteiger partial charge in [-0.1, -0.05) is 12.1 Å². The third kappa shape index (κ3) is 4.89. The molecular weight excluding hydrogens is 298 g/mol. The Labute approximate surface area is 139 Å². The molecular formula is C17H28ClN3O. The summed E-state index contributed by atoms with van der Waals surface area (Å²) >= 11 is 5.85. The van der Waals surface area contributed by atoms with Crippen LogP contribution in [0.5, 0.6) is 0 Å². The summed E-state index contributed by atoms with van der Waals surface area (Å²) in [4.78, 5) is 16.4. The highest BCUT2D eigenvalue weighted by Crippen LogP contribution is 2.22. The standard InChI is InChI=1S/C17H28ClN3O/c1-17(2,12-18)16(22)19-11-15(21(5)6)13-7-9-14(10-8-13)20(3)4/h7-10,15H,11-12H2,1-6H3,(H,19,22)/t15-/m1/s1. The fourth-order valence-corrected chi connectivity index (χ4v) is 2.20. The molecule has 1 amide bonds. The van der Waals surface area contributed by atoms with Crippen LogP contribution in [0.4, 0.5) is 5.69 Å². The maximum Gasteiger partial charge on any atom is 0.226 e. The van der Waals surface area contributed by atoms with Gasteiger partial charge in [0, 0.05) is 32.2 Å². The molecule has 0 bridgehead atoms. The number of nitrogens with one attached hydrogen (secondary N) is 1. The maximum absolute atomic E-state index is 12.2. The van der Waals surface area contributed by atoms with E-state index in [2.05, 4.69) is 39.4 Å². The zero-order valence-electron chi connectivity index (χ0n) is 14.5. The Hall–Kier alpha value is -1.26. The van der Waals surface area contributed by atoms with Crippen LogP contribution in [0.25, 0.3) is 0 Å². The number of hydrogen-bond donors (Lipinski definition) is 1. The summed E-state index contributed by atoms with van der Waals surface area (Å²) in [5.74, 6) is 0.294. The Morgan fingerprint density at radius 2 is 1.73 bits per heavy atom. The van der Waals surface area contributed by atoms with E-state index >= 15 is 0 Å². The molecule has 0 aliphatic heterocycles. The highest BCUT2D eigenvalue weighted by Gasteiger charge is 2.27. The molecule has 1 rings (SSSR count). The van der Waals surface area contributed by atoms with Gasteiger partial charge in [0.15, 0.2) is 0 Å². The van der Waals surface area contributed by atoms with Gasteiger partial charge in [-0.15, -0.1) is 11.6 Å². The first-order valence-electron chi connectivity index (χ1n) is 7.47. The monoisotopic (exact) mass is 325 g/mol. The predicted octanol–water partition coefficient (Wildman–Crippen LogP) is 2.74. The van der Waals surface area contributed by atoms with Gasteiger partial charge >= 0.3 is 0 Å². The van der Waals surface area contributed by atoms with E-state index in [0.717, 1.165) is 5.69 Å². The van der Waals surface area contributed by atoms with Crippen LogP contribution in [-0.2, 0) is 4.79 Å². The Bertz CT molecular complexity index is 483. The van der Waals surface area contributed by atoms with Crippen molar-refractivity contribution in [3.05, 3.63) is 29.8 Å². The molecule has 0 aromatic heterocycles. The number of halogens is 1. The number of hydrogen-bond acceptors (Lipinski definition) is 3. The molecule has 0 unspecified atom stereocenters. The van der Waals surface area contributed by atoms with Gasteiger partial charge in [0.1, 0.15) is 0 Å². The number of alkyl halides is 1. The van der Waals surface area contributed by atoms with Gasteiger partial charge in [0.05, 0.1) is 11.5 Å². The molecule has 0 aliphatic carbocycles. The van der Waals surface area contributed by atoms with E-state index < -0.39 is 5.41 Å². The molecule has 0 aliphatic rings. The van der Waals surface area contributed by atoms with Gasteiger partial charge in [0.2, 0.25) is 5.91 Å². The molecule has 1 aromatic rings. The number of rotatable bonds is 7. The second-order valence-corrected chi connectivity index (χ2v) is 6.96. The number of amides is 1. The van der Waals surface area contributed by atoms with Crippen molar-refractivity contribution < 1.29 is 4.79 Å². The quantitative estimate of drug-likeness (QED) is 0.783. The van der Waals surface area contributed by atoms with E-state index in [9.17, 15) is 4.79 Å². The van der Waals surface area contributed by atoms with Crippen LogP contribution < -0.4 is 10.2 Å². The molecule has 22 heavy (non-hydrogen) atoms. The minimum atomic E-state index is -0.548. The molecule has 0 saturated carbocycles. The van der Waals surface area contributed by atoms with E-state index in [-0.39, 0.29) is 11.9 Å². The molecule has 1 atom stereocenters. The Balaban J connectivity index is 2.80. The lowest BCUT2D eigenvalue weighted by atomic mass is 9.95. The molecule has 4 nitrogen and oxygen atoms in total. The third-order valence-corrected chi connectivity index (χ3v) is 4.49. The number of likely N-dealkylation sites (N-methyl/N-ethyl adjacent to an activating group) is 1. The van der Waals surface area contributed by atoms with Gasteiger partial charge in [-0.05, 0) is 45.6 Å². The van der Waals surface area contributed by atoms with Crippen molar-refractivity contribution in [2.24, 2.45) is 5.41 Å². The molecule has 1 aromatic carbocycles. The summed E-state index contributed by atoms with van der Waals surface area (Å²) in [5.41, 5.74) is 1.79. The number of carbonyl (C=O) groups is 1. The molecule has 0 fully saturated rings. The summed E-state index contributed by atoms with van der Waals surface area (Å²) in [6.07, 6.45) is 0. The molecule has 0 radical (unpaired) electrons. The zero-order valence-corrected chi connectivity index (χ0v) is 15.2. The molecule has 1 N–H and O–H groups in total. The number of nitrogens with zero attached hydrogens (tertiary/aromatic N) is 2. The lowest BCUT2D eigenvalue weighted by Crippen LogP contribution is -2.42. The fourth-order valence-electron chi connectivity index (χ4n) is 2.08. The van der Waals surface area contributed by atoms with E-state index in [4.69, 9.17) is 11.6 Å².